The molecular weight excluding hydrogens is 460 g/mol. The first-order chi connectivity index (χ1) is 18.1. The summed E-state index contributed by atoms with van der Waals surface area (Å²) in [5.74, 6) is 4.72. The molecule has 5 rings (SSSR count). The quantitative estimate of drug-likeness (QED) is 0.218. The summed E-state index contributed by atoms with van der Waals surface area (Å²) in [6.45, 7) is 2.00. The molecule has 5 aromatic rings. The topological polar surface area (TPSA) is 36.9 Å². The fourth-order valence-electron chi connectivity index (χ4n) is 4.07. The molecule has 0 atom stereocenters. The highest BCUT2D eigenvalue weighted by Gasteiger charge is 2.09. The maximum atomic E-state index is 6.20. The minimum absolute atomic E-state index is 0.754. The van der Waals surface area contributed by atoms with E-state index in [1.165, 1.54) is 0 Å². The molecule has 4 heteroatoms. The predicted octanol–water partition coefficient (Wildman–Crippen LogP) is 8.93. The number of methoxy groups -OCH3 is 2. The van der Waals surface area contributed by atoms with Crippen LogP contribution >= 0.6 is 0 Å². The van der Waals surface area contributed by atoms with Crippen LogP contribution in [0, 0.1) is 6.92 Å². The Balaban J connectivity index is 1.27. The van der Waals surface area contributed by atoms with Crippen LogP contribution in [0.5, 0.6) is 34.5 Å². The van der Waals surface area contributed by atoms with Crippen molar-refractivity contribution in [2.24, 2.45) is 0 Å². The summed E-state index contributed by atoms with van der Waals surface area (Å²) >= 11 is 0. The molecular formula is C33H28O4. The van der Waals surface area contributed by atoms with E-state index in [1.807, 2.05) is 97.9 Å². The summed E-state index contributed by atoms with van der Waals surface area (Å²) in [4.78, 5) is 0. The van der Waals surface area contributed by atoms with Crippen molar-refractivity contribution >= 4 is 0 Å². The molecule has 0 N–H and O–H groups in total. The average molecular weight is 489 g/mol. The van der Waals surface area contributed by atoms with Crippen molar-refractivity contribution in [2.45, 2.75) is 6.92 Å². The molecule has 0 saturated carbocycles. The minimum Gasteiger partial charge on any atom is -0.497 e. The molecule has 0 saturated heterocycles. The smallest absolute Gasteiger partial charge is 0.134 e. The van der Waals surface area contributed by atoms with E-state index in [0.717, 1.165) is 62.3 Å². The van der Waals surface area contributed by atoms with Crippen LogP contribution in [0.1, 0.15) is 5.56 Å². The van der Waals surface area contributed by atoms with Gasteiger partial charge in [0, 0.05) is 5.56 Å². The molecule has 0 fully saturated rings. The van der Waals surface area contributed by atoms with E-state index in [-0.39, 0.29) is 0 Å². The van der Waals surface area contributed by atoms with E-state index in [9.17, 15) is 0 Å². The van der Waals surface area contributed by atoms with Gasteiger partial charge in [0.05, 0.1) is 14.2 Å². The third kappa shape index (κ3) is 5.60. The van der Waals surface area contributed by atoms with E-state index < -0.39 is 0 Å². The van der Waals surface area contributed by atoms with Crippen molar-refractivity contribution < 1.29 is 18.9 Å². The van der Waals surface area contributed by atoms with Crippen LogP contribution in [0.25, 0.3) is 22.3 Å². The van der Waals surface area contributed by atoms with Crippen LogP contribution < -0.4 is 18.9 Å². The van der Waals surface area contributed by atoms with Crippen molar-refractivity contribution in [3.05, 3.63) is 121 Å². The molecule has 0 heterocycles. The lowest BCUT2D eigenvalue weighted by Crippen LogP contribution is -1.92. The van der Waals surface area contributed by atoms with Crippen molar-refractivity contribution in [1.29, 1.82) is 0 Å². The van der Waals surface area contributed by atoms with Gasteiger partial charge in [-0.1, -0.05) is 54.6 Å². The first-order valence-electron chi connectivity index (χ1n) is 12.1. The summed E-state index contributed by atoms with van der Waals surface area (Å²) in [7, 11) is 3.34. The Morgan fingerprint density at radius 2 is 0.676 bits per heavy atom. The second kappa shape index (κ2) is 10.9. The Bertz CT molecular complexity index is 1340. The second-order valence-electron chi connectivity index (χ2n) is 8.59. The highest BCUT2D eigenvalue weighted by atomic mass is 16.5. The lowest BCUT2D eigenvalue weighted by molar-refractivity contribution is 0.415. The van der Waals surface area contributed by atoms with Gasteiger partial charge >= 0.3 is 0 Å². The van der Waals surface area contributed by atoms with E-state index in [2.05, 4.69) is 24.3 Å². The van der Waals surface area contributed by atoms with Gasteiger partial charge in [-0.3, -0.25) is 0 Å². The number of ether oxygens (including phenoxy) is 4. The van der Waals surface area contributed by atoms with Crippen LogP contribution in [0.15, 0.2) is 115 Å². The van der Waals surface area contributed by atoms with Crippen LogP contribution in [0.4, 0.5) is 0 Å². The normalized spacial score (nSPS) is 10.6. The summed E-state index contributed by atoms with van der Waals surface area (Å²) in [5, 5.41) is 0. The maximum absolute atomic E-state index is 6.20. The van der Waals surface area contributed by atoms with Crippen LogP contribution in [-0.2, 0) is 0 Å². The summed E-state index contributed by atoms with van der Waals surface area (Å²) in [6.07, 6.45) is 0. The Labute approximate surface area is 217 Å². The standard InChI is InChI=1S/C33H28O4/c1-23-32(36-30-19-11-26(12-20-30)24-7-15-28(34-2)16-8-24)5-4-6-33(23)37-31-21-13-27(14-22-31)25-9-17-29(35-3)18-10-25/h4-22H,1-3H3. The van der Waals surface area contributed by atoms with Crippen molar-refractivity contribution in [2.75, 3.05) is 14.2 Å². The monoisotopic (exact) mass is 488 g/mol. The molecule has 5 aromatic carbocycles. The van der Waals surface area contributed by atoms with Crippen LogP contribution in [0.3, 0.4) is 0 Å². The van der Waals surface area contributed by atoms with Gasteiger partial charge in [-0.25, -0.2) is 0 Å². The van der Waals surface area contributed by atoms with E-state index >= 15 is 0 Å². The molecule has 0 aliphatic rings. The van der Waals surface area contributed by atoms with Crippen LogP contribution in [0.2, 0.25) is 0 Å². The minimum atomic E-state index is 0.754. The molecule has 0 unspecified atom stereocenters. The zero-order valence-corrected chi connectivity index (χ0v) is 21.1. The predicted molar refractivity (Wildman–Crippen MR) is 148 cm³/mol. The Kier molecular flexibility index (Phi) is 7.09. The van der Waals surface area contributed by atoms with E-state index in [1.54, 1.807) is 14.2 Å². The summed E-state index contributed by atoms with van der Waals surface area (Å²) < 4.78 is 22.9. The molecule has 0 aliphatic carbocycles. The zero-order chi connectivity index (χ0) is 25.6. The van der Waals surface area contributed by atoms with Gasteiger partial charge in [-0.05, 0) is 89.8 Å². The third-order valence-electron chi connectivity index (χ3n) is 6.25. The van der Waals surface area contributed by atoms with Gasteiger partial charge in [0.25, 0.3) is 0 Å². The maximum Gasteiger partial charge on any atom is 0.134 e. The third-order valence-corrected chi connectivity index (χ3v) is 6.25. The van der Waals surface area contributed by atoms with Gasteiger partial charge in [0.15, 0.2) is 0 Å². The Morgan fingerprint density at radius 3 is 0.973 bits per heavy atom. The SMILES string of the molecule is COc1ccc(-c2ccc(Oc3cccc(Oc4ccc(-c5ccc(OC)cc5)cc4)c3C)cc2)cc1. The highest BCUT2D eigenvalue weighted by molar-refractivity contribution is 5.66. The first-order valence-corrected chi connectivity index (χ1v) is 12.1. The molecule has 0 aromatic heterocycles. The number of benzene rings is 5. The van der Waals surface area contributed by atoms with E-state index in [4.69, 9.17) is 18.9 Å². The van der Waals surface area contributed by atoms with Gasteiger partial charge in [-0.2, -0.15) is 0 Å². The van der Waals surface area contributed by atoms with Gasteiger partial charge in [-0.15, -0.1) is 0 Å². The molecule has 4 nitrogen and oxygen atoms in total. The average Bonchev–Trinajstić information content (AvgIpc) is 2.96. The van der Waals surface area contributed by atoms with Crippen molar-refractivity contribution in [3.63, 3.8) is 0 Å². The number of hydrogen-bond donors (Lipinski definition) is 0. The molecule has 0 amide bonds. The lowest BCUT2D eigenvalue weighted by atomic mass is 10.1. The Morgan fingerprint density at radius 1 is 0.378 bits per heavy atom. The lowest BCUT2D eigenvalue weighted by Gasteiger charge is -2.14. The fourth-order valence-corrected chi connectivity index (χ4v) is 4.07. The van der Waals surface area contributed by atoms with E-state index in [0.29, 0.717) is 0 Å². The summed E-state index contributed by atoms with van der Waals surface area (Å²) in [6, 6.07) is 38.0. The van der Waals surface area contributed by atoms with Gasteiger partial charge in [0.2, 0.25) is 0 Å². The fraction of sp³-hybridized carbons (Fsp3) is 0.0909. The Hall–Kier alpha value is -4.70. The van der Waals surface area contributed by atoms with Crippen molar-refractivity contribution in [3.8, 4) is 56.8 Å². The van der Waals surface area contributed by atoms with Crippen LogP contribution in [-0.4, -0.2) is 14.2 Å². The molecule has 0 aliphatic heterocycles. The number of rotatable bonds is 8. The molecule has 184 valence electrons. The second-order valence-corrected chi connectivity index (χ2v) is 8.59. The number of hydrogen-bond acceptors (Lipinski definition) is 4. The molecule has 0 radical (unpaired) electrons. The molecule has 0 bridgehead atoms. The largest absolute Gasteiger partial charge is 0.497 e. The van der Waals surface area contributed by atoms with Crippen molar-refractivity contribution in [1.82, 2.24) is 0 Å². The first kappa shape index (κ1) is 24.0. The molecule has 37 heavy (non-hydrogen) atoms. The van der Waals surface area contributed by atoms with Gasteiger partial charge in [0.1, 0.15) is 34.5 Å². The van der Waals surface area contributed by atoms with Gasteiger partial charge < -0.3 is 18.9 Å². The summed E-state index contributed by atoms with van der Waals surface area (Å²) in [5.41, 5.74) is 5.40. The molecule has 0 spiro atoms. The highest BCUT2D eigenvalue weighted by Crippen LogP contribution is 2.35. The zero-order valence-electron chi connectivity index (χ0n) is 21.1.